The number of aromatic nitrogens is 2. The summed E-state index contributed by atoms with van der Waals surface area (Å²) in [6.07, 6.45) is 5.64. The van der Waals surface area contributed by atoms with Crippen LogP contribution in [0, 0.1) is 17.0 Å². The van der Waals surface area contributed by atoms with Crippen LogP contribution in [0.3, 0.4) is 0 Å². The highest BCUT2D eigenvalue weighted by molar-refractivity contribution is 5.58. The lowest BCUT2D eigenvalue weighted by Crippen LogP contribution is -2.31. The Kier molecular flexibility index (Phi) is 4.86. The maximum Gasteiger partial charge on any atom is 0.271 e. The van der Waals surface area contributed by atoms with Crippen molar-refractivity contribution in [2.45, 2.75) is 44.9 Å². The molecule has 1 aromatic heterocycles. The van der Waals surface area contributed by atoms with Gasteiger partial charge in [-0.05, 0) is 58.2 Å². The molecule has 3 heterocycles. The highest BCUT2D eigenvalue weighted by atomic mass is 16.6. The zero-order chi connectivity index (χ0) is 19.0. The molecule has 1 aromatic carbocycles. The first-order valence-electron chi connectivity index (χ1n) is 9.84. The maximum absolute atomic E-state index is 11.3. The van der Waals surface area contributed by atoms with Crippen LogP contribution in [0.1, 0.15) is 48.4 Å². The summed E-state index contributed by atoms with van der Waals surface area (Å²) in [5.74, 6) is 1.46. The summed E-state index contributed by atoms with van der Waals surface area (Å²) < 4.78 is 1.92. The Morgan fingerprint density at radius 3 is 2.93 bits per heavy atom. The number of hydrogen-bond donors (Lipinski definition) is 1. The van der Waals surface area contributed by atoms with Crippen molar-refractivity contribution >= 4 is 11.5 Å². The van der Waals surface area contributed by atoms with Crippen molar-refractivity contribution in [2.24, 2.45) is 0 Å². The zero-order valence-electron chi connectivity index (χ0n) is 16.1. The molecule has 0 spiro atoms. The number of rotatable bonds is 3. The van der Waals surface area contributed by atoms with Gasteiger partial charge in [0.15, 0.2) is 0 Å². The number of hydrogen-bond acceptors (Lipinski definition) is 5. The van der Waals surface area contributed by atoms with Crippen LogP contribution in [-0.4, -0.2) is 46.3 Å². The number of piperidine rings is 1. The number of nitro benzene ring substituents is 1. The molecule has 144 valence electrons. The summed E-state index contributed by atoms with van der Waals surface area (Å²) in [5.41, 5.74) is 4.37. The highest BCUT2D eigenvalue weighted by Crippen LogP contribution is 2.36. The van der Waals surface area contributed by atoms with Gasteiger partial charge in [-0.15, -0.1) is 0 Å². The second kappa shape index (κ2) is 7.31. The lowest BCUT2D eigenvalue weighted by molar-refractivity contribution is -0.384. The van der Waals surface area contributed by atoms with Gasteiger partial charge in [0, 0.05) is 36.7 Å². The monoisotopic (exact) mass is 369 g/mol. The van der Waals surface area contributed by atoms with Crippen LogP contribution < -0.4 is 5.32 Å². The minimum Gasteiger partial charge on any atom is -0.370 e. The van der Waals surface area contributed by atoms with Gasteiger partial charge in [0.25, 0.3) is 5.69 Å². The van der Waals surface area contributed by atoms with E-state index in [1.807, 2.05) is 17.7 Å². The second-order valence-corrected chi connectivity index (χ2v) is 7.84. The van der Waals surface area contributed by atoms with Gasteiger partial charge in [-0.3, -0.25) is 10.1 Å². The van der Waals surface area contributed by atoms with Gasteiger partial charge in [-0.2, -0.15) is 5.10 Å². The SMILES string of the molecule is Cc1ccc([N+](=O)[O-])cc1-n1nc(C2CCCN(C)C2)c2c1NCCCC2. The molecular formula is C20H27N5O2. The lowest BCUT2D eigenvalue weighted by Gasteiger charge is -2.29. The topological polar surface area (TPSA) is 76.2 Å². The molecule has 27 heavy (non-hydrogen) atoms. The largest absolute Gasteiger partial charge is 0.370 e. The quantitative estimate of drug-likeness (QED) is 0.660. The van der Waals surface area contributed by atoms with E-state index in [1.54, 1.807) is 12.1 Å². The summed E-state index contributed by atoms with van der Waals surface area (Å²) in [6, 6.07) is 5.02. The molecule has 2 aliphatic rings. The van der Waals surface area contributed by atoms with E-state index in [1.165, 1.54) is 17.7 Å². The average molecular weight is 369 g/mol. The molecule has 0 aliphatic carbocycles. The zero-order valence-corrected chi connectivity index (χ0v) is 16.1. The number of anilines is 1. The van der Waals surface area contributed by atoms with E-state index in [0.717, 1.165) is 62.4 Å². The van der Waals surface area contributed by atoms with Gasteiger partial charge in [-0.1, -0.05) is 6.07 Å². The molecule has 1 atom stereocenters. The summed E-state index contributed by atoms with van der Waals surface area (Å²) in [5, 5.41) is 19.9. The predicted molar refractivity (Wildman–Crippen MR) is 106 cm³/mol. The molecule has 2 aromatic rings. The highest BCUT2D eigenvalue weighted by Gasteiger charge is 2.29. The van der Waals surface area contributed by atoms with Gasteiger partial charge < -0.3 is 10.2 Å². The Bertz CT molecular complexity index is 860. The Labute approximate surface area is 159 Å². The Hall–Kier alpha value is -2.41. The minimum absolute atomic E-state index is 0.104. The summed E-state index contributed by atoms with van der Waals surface area (Å²) in [7, 11) is 2.17. The number of nitrogens with one attached hydrogen (secondary N) is 1. The average Bonchev–Trinajstić information content (AvgIpc) is 2.83. The van der Waals surface area contributed by atoms with Crippen LogP contribution in [0.2, 0.25) is 0 Å². The van der Waals surface area contributed by atoms with Gasteiger partial charge in [-0.25, -0.2) is 4.68 Å². The summed E-state index contributed by atoms with van der Waals surface area (Å²) in [4.78, 5) is 13.3. The van der Waals surface area contributed by atoms with E-state index in [2.05, 4.69) is 17.3 Å². The van der Waals surface area contributed by atoms with Gasteiger partial charge in [0.05, 0.1) is 16.3 Å². The fraction of sp³-hybridized carbons (Fsp3) is 0.550. The first kappa shape index (κ1) is 18.0. The second-order valence-electron chi connectivity index (χ2n) is 7.84. The molecule has 7 heteroatoms. The third-order valence-electron chi connectivity index (χ3n) is 5.80. The van der Waals surface area contributed by atoms with E-state index in [4.69, 9.17) is 5.10 Å². The fourth-order valence-electron chi connectivity index (χ4n) is 4.36. The van der Waals surface area contributed by atoms with E-state index in [9.17, 15) is 10.1 Å². The smallest absolute Gasteiger partial charge is 0.271 e. The summed E-state index contributed by atoms with van der Waals surface area (Å²) in [6.45, 7) is 5.06. The number of aryl methyl sites for hydroxylation is 1. The van der Waals surface area contributed by atoms with E-state index in [-0.39, 0.29) is 10.6 Å². The van der Waals surface area contributed by atoms with Crippen LogP contribution in [0.15, 0.2) is 18.2 Å². The molecule has 0 radical (unpaired) electrons. The number of nitro groups is 1. The molecule has 1 fully saturated rings. The van der Waals surface area contributed by atoms with E-state index < -0.39 is 0 Å². The molecule has 4 rings (SSSR count). The molecule has 0 saturated carbocycles. The van der Waals surface area contributed by atoms with Crippen molar-refractivity contribution in [1.82, 2.24) is 14.7 Å². The molecule has 1 unspecified atom stereocenters. The molecule has 1 saturated heterocycles. The number of nitrogens with zero attached hydrogens (tertiary/aromatic N) is 4. The van der Waals surface area contributed by atoms with Crippen molar-refractivity contribution in [3.05, 3.63) is 45.1 Å². The number of non-ortho nitro benzene ring substituents is 1. The van der Waals surface area contributed by atoms with E-state index in [0.29, 0.717) is 5.92 Å². The van der Waals surface area contributed by atoms with Crippen molar-refractivity contribution in [2.75, 3.05) is 32.0 Å². The Morgan fingerprint density at radius 1 is 1.30 bits per heavy atom. The van der Waals surface area contributed by atoms with Crippen LogP contribution >= 0.6 is 0 Å². The van der Waals surface area contributed by atoms with E-state index >= 15 is 0 Å². The standard InChI is InChI=1S/C20H27N5O2/c1-14-8-9-16(25(26)27)12-18(14)24-20-17(7-3-4-10-21-20)19(22-24)15-6-5-11-23(2)13-15/h8-9,12,15,21H,3-7,10-11,13H2,1-2H3. The third kappa shape index (κ3) is 3.43. The first-order valence-corrected chi connectivity index (χ1v) is 9.84. The lowest BCUT2D eigenvalue weighted by atomic mass is 9.91. The Morgan fingerprint density at radius 2 is 2.15 bits per heavy atom. The number of benzene rings is 1. The predicted octanol–water partition coefficient (Wildman–Crippen LogP) is 3.65. The number of likely N-dealkylation sites (tertiary alicyclic amines) is 1. The molecular weight excluding hydrogens is 342 g/mol. The van der Waals surface area contributed by atoms with Crippen LogP contribution in [0.25, 0.3) is 5.69 Å². The maximum atomic E-state index is 11.3. The van der Waals surface area contributed by atoms with Gasteiger partial charge in [0.2, 0.25) is 0 Å². The number of fused-ring (bicyclic) bond motifs is 1. The van der Waals surface area contributed by atoms with Crippen molar-refractivity contribution in [3.8, 4) is 5.69 Å². The molecule has 0 bridgehead atoms. The molecule has 0 amide bonds. The van der Waals surface area contributed by atoms with Crippen molar-refractivity contribution < 1.29 is 4.92 Å². The first-order chi connectivity index (χ1) is 13.0. The third-order valence-corrected chi connectivity index (χ3v) is 5.80. The van der Waals surface area contributed by atoms with Crippen molar-refractivity contribution in [1.29, 1.82) is 0 Å². The summed E-state index contributed by atoms with van der Waals surface area (Å²) >= 11 is 0. The fourth-order valence-corrected chi connectivity index (χ4v) is 4.36. The number of likely N-dealkylation sites (N-methyl/N-ethyl adjacent to an activating group) is 1. The molecule has 2 aliphatic heterocycles. The van der Waals surface area contributed by atoms with Gasteiger partial charge in [0.1, 0.15) is 5.82 Å². The van der Waals surface area contributed by atoms with Crippen LogP contribution in [-0.2, 0) is 6.42 Å². The van der Waals surface area contributed by atoms with Crippen LogP contribution in [0.5, 0.6) is 0 Å². The van der Waals surface area contributed by atoms with Crippen LogP contribution in [0.4, 0.5) is 11.5 Å². The Balaban J connectivity index is 1.84. The minimum atomic E-state index is -0.338. The molecule has 7 nitrogen and oxygen atoms in total. The molecule has 1 N–H and O–H groups in total. The van der Waals surface area contributed by atoms with Crippen molar-refractivity contribution in [3.63, 3.8) is 0 Å². The normalized spacial score (nSPS) is 20.6. The van der Waals surface area contributed by atoms with Gasteiger partial charge >= 0.3 is 0 Å².